The molecule has 0 aliphatic carbocycles. The molecular weight excluding hydrogens is 198 g/mol. The van der Waals surface area contributed by atoms with Crippen molar-refractivity contribution in [1.82, 2.24) is 9.78 Å². The summed E-state index contributed by atoms with van der Waals surface area (Å²) in [5, 5.41) is 4.76. The van der Waals surface area contributed by atoms with Gasteiger partial charge in [-0.05, 0) is 24.3 Å². The molecule has 1 heterocycles. The lowest BCUT2D eigenvalue weighted by atomic mass is 10.1. The number of anilines is 1. The van der Waals surface area contributed by atoms with Crippen molar-refractivity contribution < 1.29 is 0 Å². The minimum absolute atomic E-state index is 0.676. The van der Waals surface area contributed by atoms with E-state index in [1.165, 1.54) is 0 Å². The second-order valence-corrected chi connectivity index (χ2v) is 3.51. The highest BCUT2D eigenvalue weighted by molar-refractivity contribution is 6.31. The van der Waals surface area contributed by atoms with Gasteiger partial charge in [-0.1, -0.05) is 11.6 Å². The van der Waals surface area contributed by atoms with E-state index in [1.807, 2.05) is 19.2 Å². The molecule has 1 aromatic carbocycles. The van der Waals surface area contributed by atoms with E-state index < -0.39 is 0 Å². The summed E-state index contributed by atoms with van der Waals surface area (Å²) in [4.78, 5) is 0. The van der Waals surface area contributed by atoms with E-state index in [-0.39, 0.29) is 0 Å². The van der Waals surface area contributed by atoms with Crippen LogP contribution >= 0.6 is 11.6 Å². The Morgan fingerprint density at radius 1 is 1.36 bits per heavy atom. The highest BCUT2D eigenvalue weighted by Gasteiger charge is 2.06. The quantitative estimate of drug-likeness (QED) is 0.730. The van der Waals surface area contributed by atoms with Crippen LogP contribution < -0.4 is 5.73 Å². The Morgan fingerprint density at radius 3 is 2.79 bits per heavy atom. The number of hydrogen-bond acceptors (Lipinski definition) is 2. The standard InChI is InChI=1S/C10H10ClN3/c1-14-10(4-5-13-14)8-6-7(11)2-3-9(8)12/h2-6H,12H2,1H3. The molecule has 0 aliphatic rings. The molecule has 1 aromatic heterocycles. The Bertz CT molecular complexity index is 462. The van der Waals surface area contributed by atoms with Crippen molar-refractivity contribution in [2.45, 2.75) is 0 Å². The number of halogens is 1. The third kappa shape index (κ3) is 1.46. The highest BCUT2D eigenvalue weighted by Crippen LogP contribution is 2.27. The molecule has 0 bridgehead atoms. The number of nitrogens with zero attached hydrogens (tertiary/aromatic N) is 2. The third-order valence-corrected chi connectivity index (χ3v) is 2.35. The summed E-state index contributed by atoms with van der Waals surface area (Å²) < 4.78 is 1.77. The number of rotatable bonds is 1. The molecule has 72 valence electrons. The number of aryl methyl sites for hydroxylation is 1. The Labute approximate surface area is 87.1 Å². The van der Waals surface area contributed by atoms with Gasteiger partial charge in [-0.15, -0.1) is 0 Å². The summed E-state index contributed by atoms with van der Waals surface area (Å²) in [6, 6.07) is 7.32. The van der Waals surface area contributed by atoms with E-state index >= 15 is 0 Å². The fraction of sp³-hybridized carbons (Fsp3) is 0.100. The fourth-order valence-corrected chi connectivity index (χ4v) is 1.56. The number of hydrogen-bond donors (Lipinski definition) is 1. The zero-order chi connectivity index (χ0) is 10.1. The maximum absolute atomic E-state index is 5.90. The molecule has 4 heteroatoms. The smallest absolute Gasteiger partial charge is 0.0700 e. The van der Waals surface area contributed by atoms with E-state index in [2.05, 4.69) is 5.10 Å². The van der Waals surface area contributed by atoms with Crippen molar-refractivity contribution >= 4 is 17.3 Å². The maximum atomic E-state index is 5.90. The molecule has 14 heavy (non-hydrogen) atoms. The predicted molar refractivity (Wildman–Crippen MR) is 58.1 cm³/mol. The molecule has 2 rings (SSSR count). The zero-order valence-electron chi connectivity index (χ0n) is 7.74. The van der Waals surface area contributed by atoms with Crippen LogP contribution in [-0.4, -0.2) is 9.78 Å². The minimum atomic E-state index is 0.676. The average Bonchev–Trinajstić information content (AvgIpc) is 2.56. The highest BCUT2D eigenvalue weighted by atomic mass is 35.5. The number of benzene rings is 1. The second-order valence-electron chi connectivity index (χ2n) is 3.07. The van der Waals surface area contributed by atoms with Gasteiger partial charge in [-0.25, -0.2) is 0 Å². The molecule has 2 N–H and O–H groups in total. The van der Waals surface area contributed by atoms with Crippen molar-refractivity contribution in [2.24, 2.45) is 7.05 Å². The Morgan fingerprint density at radius 2 is 2.14 bits per heavy atom. The first-order chi connectivity index (χ1) is 6.68. The molecule has 0 radical (unpaired) electrons. The molecule has 0 aliphatic heterocycles. The monoisotopic (exact) mass is 207 g/mol. The van der Waals surface area contributed by atoms with Crippen LogP contribution in [0.4, 0.5) is 5.69 Å². The van der Waals surface area contributed by atoms with Gasteiger partial charge >= 0.3 is 0 Å². The molecule has 0 unspecified atom stereocenters. The van der Waals surface area contributed by atoms with Crippen LogP contribution in [0.25, 0.3) is 11.3 Å². The van der Waals surface area contributed by atoms with Gasteiger partial charge in [-0.2, -0.15) is 5.10 Å². The number of nitrogens with two attached hydrogens (primary N) is 1. The summed E-state index contributed by atoms with van der Waals surface area (Å²) in [5.74, 6) is 0. The molecule has 0 saturated heterocycles. The van der Waals surface area contributed by atoms with Gasteiger partial charge in [-0.3, -0.25) is 4.68 Å². The fourth-order valence-electron chi connectivity index (χ4n) is 1.39. The minimum Gasteiger partial charge on any atom is -0.398 e. The van der Waals surface area contributed by atoms with Crippen LogP contribution in [0.15, 0.2) is 30.5 Å². The summed E-state index contributed by atoms with van der Waals surface area (Å²) in [5.41, 5.74) is 8.43. The third-order valence-electron chi connectivity index (χ3n) is 2.11. The van der Waals surface area contributed by atoms with E-state index in [4.69, 9.17) is 17.3 Å². The van der Waals surface area contributed by atoms with Crippen molar-refractivity contribution in [1.29, 1.82) is 0 Å². The molecule has 0 saturated carbocycles. The molecule has 0 amide bonds. The second kappa shape index (κ2) is 3.35. The molecular formula is C10H10ClN3. The van der Waals surface area contributed by atoms with Gasteiger partial charge in [0.2, 0.25) is 0 Å². The van der Waals surface area contributed by atoms with Crippen LogP contribution in [0.5, 0.6) is 0 Å². The molecule has 0 fully saturated rings. The van der Waals surface area contributed by atoms with E-state index in [0.717, 1.165) is 11.3 Å². The molecule has 3 nitrogen and oxygen atoms in total. The summed E-state index contributed by atoms with van der Waals surface area (Å²) in [6.07, 6.45) is 1.73. The van der Waals surface area contributed by atoms with Crippen LogP contribution in [0.3, 0.4) is 0 Å². The first kappa shape index (κ1) is 9.09. The van der Waals surface area contributed by atoms with Crippen LogP contribution in [-0.2, 0) is 7.05 Å². The average molecular weight is 208 g/mol. The normalized spacial score (nSPS) is 10.4. The van der Waals surface area contributed by atoms with Gasteiger partial charge in [0.15, 0.2) is 0 Å². The molecule has 0 atom stereocenters. The van der Waals surface area contributed by atoms with E-state index in [0.29, 0.717) is 10.7 Å². The zero-order valence-corrected chi connectivity index (χ0v) is 8.49. The largest absolute Gasteiger partial charge is 0.398 e. The van der Waals surface area contributed by atoms with Crippen molar-refractivity contribution in [3.8, 4) is 11.3 Å². The lowest BCUT2D eigenvalue weighted by molar-refractivity contribution is 0.776. The van der Waals surface area contributed by atoms with Crippen LogP contribution in [0.2, 0.25) is 5.02 Å². The topological polar surface area (TPSA) is 43.8 Å². The van der Waals surface area contributed by atoms with Crippen LogP contribution in [0, 0.1) is 0 Å². The summed E-state index contributed by atoms with van der Waals surface area (Å²) >= 11 is 5.90. The molecule has 2 aromatic rings. The Kier molecular flexibility index (Phi) is 2.17. The van der Waals surface area contributed by atoms with E-state index in [9.17, 15) is 0 Å². The van der Waals surface area contributed by atoms with Crippen molar-refractivity contribution in [3.05, 3.63) is 35.5 Å². The Balaban J connectivity index is 2.62. The summed E-state index contributed by atoms with van der Waals surface area (Å²) in [6.45, 7) is 0. The van der Waals surface area contributed by atoms with E-state index in [1.54, 1.807) is 23.0 Å². The van der Waals surface area contributed by atoms with Crippen molar-refractivity contribution in [3.63, 3.8) is 0 Å². The van der Waals surface area contributed by atoms with Gasteiger partial charge in [0.05, 0.1) is 5.69 Å². The van der Waals surface area contributed by atoms with Gasteiger partial charge in [0.1, 0.15) is 0 Å². The SMILES string of the molecule is Cn1nccc1-c1cc(Cl)ccc1N. The number of nitrogen functional groups attached to an aromatic ring is 1. The first-order valence-corrected chi connectivity index (χ1v) is 4.59. The molecule has 0 spiro atoms. The predicted octanol–water partition coefficient (Wildman–Crippen LogP) is 2.32. The number of aromatic nitrogens is 2. The van der Waals surface area contributed by atoms with Gasteiger partial charge < -0.3 is 5.73 Å². The first-order valence-electron chi connectivity index (χ1n) is 4.22. The summed E-state index contributed by atoms with van der Waals surface area (Å²) in [7, 11) is 1.87. The van der Waals surface area contributed by atoms with Crippen LogP contribution in [0.1, 0.15) is 0 Å². The Hall–Kier alpha value is -1.48. The maximum Gasteiger partial charge on any atom is 0.0700 e. The lowest BCUT2D eigenvalue weighted by Gasteiger charge is -2.06. The lowest BCUT2D eigenvalue weighted by Crippen LogP contribution is -1.96. The van der Waals surface area contributed by atoms with Gasteiger partial charge in [0, 0.05) is 29.5 Å². The van der Waals surface area contributed by atoms with Crippen molar-refractivity contribution in [2.75, 3.05) is 5.73 Å². The van der Waals surface area contributed by atoms with Gasteiger partial charge in [0.25, 0.3) is 0 Å².